The maximum atomic E-state index is 10.2. The Kier molecular flexibility index (Phi) is 5.52. The number of nitrogens with one attached hydrogen (secondary N) is 1. The topological polar surface area (TPSA) is 136 Å². The number of aromatic hydroxyl groups is 1. The molecule has 4 rings (SSSR count). The van der Waals surface area contributed by atoms with E-state index < -0.39 is 5.92 Å². The number of hydrogen-bond acceptors (Lipinski definition) is 8. The molecule has 0 saturated heterocycles. The second-order valence-electron chi connectivity index (χ2n) is 6.97. The van der Waals surface area contributed by atoms with Crippen molar-refractivity contribution in [3.05, 3.63) is 59.0 Å². The summed E-state index contributed by atoms with van der Waals surface area (Å²) in [4.78, 5) is 0. The molecule has 3 aromatic rings. The average molecular weight is 434 g/mol. The summed E-state index contributed by atoms with van der Waals surface area (Å²) >= 11 is 0. The first kappa shape index (κ1) is 20.9. The smallest absolute Gasteiger partial charge is 0.244 e. The lowest BCUT2D eigenvalue weighted by Gasteiger charge is -2.25. The third-order valence-electron chi connectivity index (χ3n) is 5.23. The van der Waals surface area contributed by atoms with Gasteiger partial charge in [0, 0.05) is 5.56 Å². The van der Waals surface area contributed by atoms with Crippen LogP contribution in [0.5, 0.6) is 28.9 Å². The van der Waals surface area contributed by atoms with E-state index in [0.29, 0.717) is 46.2 Å². The van der Waals surface area contributed by atoms with E-state index in [9.17, 15) is 10.4 Å². The SMILES string of the molecule is CCOc1cc([C@@H]2C(C#N)=C(N)Oc3n[nH]c(-c4cc(OC)ccc4OC)c32)ccc1O. The number of phenolic OH excluding ortho intramolecular Hbond substituents is 1. The van der Waals surface area contributed by atoms with Crippen molar-refractivity contribution in [2.75, 3.05) is 20.8 Å². The summed E-state index contributed by atoms with van der Waals surface area (Å²) in [5.74, 6) is 1.10. The highest BCUT2D eigenvalue weighted by molar-refractivity contribution is 5.76. The number of aromatic nitrogens is 2. The highest BCUT2D eigenvalue weighted by atomic mass is 16.5. The van der Waals surface area contributed by atoms with Gasteiger partial charge in [-0.3, -0.25) is 5.10 Å². The Morgan fingerprint density at radius 1 is 1.19 bits per heavy atom. The molecule has 0 radical (unpaired) electrons. The standard InChI is InChI=1S/C23H22N4O5/c1-4-31-18-9-12(5-7-16(18)28)19-15(11-24)22(25)32-23-20(19)21(26-27-23)14-10-13(29-2)6-8-17(14)30-3/h5-10,19,28H,4,25H2,1-3H3,(H,26,27)/t19-/m1/s1. The second-order valence-corrected chi connectivity index (χ2v) is 6.97. The largest absolute Gasteiger partial charge is 0.504 e. The number of nitrogens with two attached hydrogens (primary N) is 1. The lowest BCUT2D eigenvalue weighted by molar-refractivity contribution is 0.317. The summed E-state index contributed by atoms with van der Waals surface area (Å²) < 4.78 is 22.1. The first-order valence-corrected chi connectivity index (χ1v) is 9.86. The third-order valence-corrected chi connectivity index (χ3v) is 5.23. The molecule has 0 saturated carbocycles. The van der Waals surface area contributed by atoms with Crippen LogP contribution in [0.3, 0.4) is 0 Å². The molecule has 9 heteroatoms. The van der Waals surface area contributed by atoms with Gasteiger partial charge in [-0.15, -0.1) is 5.10 Å². The molecule has 1 aromatic heterocycles. The number of H-pyrrole nitrogens is 1. The fourth-order valence-corrected chi connectivity index (χ4v) is 3.77. The van der Waals surface area contributed by atoms with Crippen molar-refractivity contribution in [1.29, 1.82) is 5.26 Å². The van der Waals surface area contributed by atoms with E-state index >= 15 is 0 Å². The van der Waals surface area contributed by atoms with Crippen LogP contribution in [0, 0.1) is 11.3 Å². The zero-order chi connectivity index (χ0) is 22.8. The number of hydrogen-bond donors (Lipinski definition) is 3. The van der Waals surface area contributed by atoms with E-state index in [2.05, 4.69) is 16.3 Å². The van der Waals surface area contributed by atoms with Gasteiger partial charge in [-0.1, -0.05) is 6.07 Å². The van der Waals surface area contributed by atoms with Gasteiger partial charge in [0.05, 0.1) is 38.0 Å². The Hall–Kier alpha value is -4.32. The minimum atomic E-state index is -0.617. The van der Waals surface area contributed by atoms with Crippen LogP contribution in [0.2, 0.25) is 0 Å². The molecule has 1 aliphatic heterocycles. The molecule has 2 aromatic carbocycles. The number of ether oxygens (including phenoxy) is 4. The Labute approximate surface area is 184 Å². The lowest BCUT2D eigenvalue weighted by Crippen LogP contribution is -2.21. The van der Waals surface area contributed by atoms with E-state index in [0.717, 1.165) is 0 Å². The number of benzene rings is 2. The molecule has 0 spiro atoms. The summed E-state index contributed by atoms with van der Waals surface area (Å²) in [6, 6.07) is 12.4. The van der Waals surface area contributed by atoms with Crippen LogP contribution in [-0.4, -0.2) is 36.1 Å². The van der Waals surface area contributed by atoms with Crippen molar-refractivity contribution in [2.45, 2.75) is 12.8 Å². The van der Waals surface area contributed by atoms with Gasteiger partial charge in [-0.05, 0) is 42.8 Å². The van der Waals surface area contributed by atoms with E-state index in [4.69, 9.17) is 24.7 Å². The number of nitriles is 1. The van der Waals surface area contributed by atoms with Gasteiger partial charge in [0.15, 0.2) is 11.5 Å². The molecule has 32 heavy (non-hydrogen) atoms. The van der Waals surface area contributed by atoms with Gasteiger partial charge in [-0.25, -0.2) is 0 Å². The molecule has 1 atom stereocenters. The number of nitrogens with zero attached hydrogens (tertiary/aromatic N) is 2. The minimum Gasteiger partial charge on any atom is -0.504 e. The van der Waals surface area contributed by atoms with Crippen molar-refractivity contribution in [3.63, 3.8) is 0 Å². The average Bonchev–Trinajstić information content (AvgIpc) is 3.22. The minimum absolute atomic E-state index is 0.000208. The fourth-order valence-electron chi connectivity index (χ4n) is 3.77. The zero-order valence-corrected chi connectivity index (χ0v) is 17.8. The number of fused-ring (bicyclic) bond motifs is 1. The number of allylic oxidation sites excluding steroid dienone is 1. The van der Waals surface area contributed by atoms with Crippen LogP contribution in [0.1, 0.15) is 24.0 Å². The first-order chi connectivity index (χ1) is 15.5. The van der Waals surface area contributed by atoms with Crippen LogP contribution in [0.15, 0.2) is 47.9 Å². The van der Waals surface area contributed by atoms with Crippen LogP contribution >= 0.6 is 0 Å². The number of rotatable bonds is 6. The molecule has 0 aliphatic carbocycles. The second kappa shape index (κ2) is 8.43. The quantitative estimate of drug-likeness (QED) is 0.537. The van der Waals surface area contributed by atoms with Crippen molar-refractivity contribution >= 4 is 0 Å². The summed E-state index contributed by atoms with van der Waals surface area (Å²) in [5, 5.41) is 27.3. The summed E-state index contributed by atoms with van der Waals surface area (Å²) in [6.07, 6.45) is 0. The third kappa shape index (κ3) is 3.41. The molecule has 4 N–H and O–H groups in total. The summed E-state index contributed by atoms with van der Waals surface area (Å²) in [6.45, 7) is 2.19. The Morgan fingerprint density at radius 3 is 2.69 bits per heavy atom. The maximum absolute atomic E-state index is 10.2. The highest BCUT2D eigenvalue weighted by Gasteiger charge is 2.36. The van der Waals surface area contributed by atoms with Crippen LogP contribution in [-0.2, 0) is 0 Å². The van der Waals surface area contributed by atoms with E-state index in [1.165, 1.54) is 6.07 Å². The summed E-state index contributed by atoms with van der Waals surface area (Å²) in [5.41, 5.74) is 8.84. The van der Waals surface area contributed by atoms with Crippen molar-refractivity contribution in [3.8, 4) is 46.2 Å². The maximum Gasteiger partial charge on any atom is 0.244 e. The molecule has 9 nitrogen and oxygen atoms in total. The van der Waals surface area contributed by atoms with Crippen LogP contribution in [0.25, 0.3) is 11.3 Å². The van der Waals surface area contributed by atoms with E-state index in [1.54, 1.807) is 44.6 Å². The van der Waals surface area contributed by atoms with Crippen molar-refractivity contribution in [2.24, 2.45) is 5.73 Å². The van der Waals surface area contributed by atoms with Crippen LogP contribution < -0.4 is 24.7 Å². The number of methoxy groups -OCH3 is 2. The van der Waals surface area contributed by atoms with Gasteiger partial charge in [0.1, 0.15) is 23.1 Å². The lowest BCUT2D eigenvalue weighted by atomic mass is 9.82. The van der Waals surface area contributed by atoms with Gasteiger partial charge in [-0.2, -0.15) is 5.26 Å². The van der Waals surface area contributed by atoms with E-state index in [-0.39, 0.29) is 23.1 Å². The molecule has 2 heterocycles. The monoisotopic (exact) mass is 434 g/mol. The molecule has 0 unspecified atom stereocenters. The van der Waals surface area contributed by atoms with E-state index in [1.807, 2.05) is 6.92 Å². The number of aromatic amines is 1. The van der Waals surface area contributed by atoms with Gasteiger partial charge in [0.25, 0.3) is 0 Å². The molecule has 0 amide bonds. The normalized spacial score (nSPS) is 14.9. The zero-order valence-electron chi connectivity index (χ0n) is 17.8. The Morgan fingerprint density at radius 2 is 2.00 bits per heavy atom. The predicted octanol–water partition coefficient (Wildman–Crippen LogP) is 3.42. The van der Waals surface area contributed by atoms with Gasteiger partial charge in [0.2, 0.25) is 11.8 Å². The molecule has 1 aliphatic rings. The molecule has 0 bridgehead atoms. The predicted molar refractivity (Wildman–Crippen MR) is 116 cm³/mol. The molecular weight excluding hydrogens is 412 g/mol. The summed E-state index contributed by atoms with van der Waals surface area (Å²) in [7, 11) is 3.14. The van der Waals surface area contributed by atoms with Gasteiger partial charge < -0.3 is 29.8 Å². The molecular formula is C23H22N4O5. The molecule has 0 fully saturated rings. The molecule has 164 valence electrons. The van der Waals surface area contributed by atoms with Crippen LogP contribution in [0.4, 0.5) is 0 Å². The number of phenols is 1. The Bertz CT molecular complexity index is 1240. The first-order valence-electron chi connectivity index (χ1n) is 9.86. The Balaban J connectivity index is 1.96. The fraction of sp³-hybridized carbons (Fsp3) is 0.217. The van der Waals surface area contributed by atoms with Crippen molar-refractivity contribution < 1.29 is 24.1 Å². The van der Waals surface area contributed by atoms with Crippen molar-refractivity contribution in [1.82, 2.24) is 10.2 Å². The van der Waals surface area contributed by atoms with Gasteiger partial charge >= 0.3 is 0 Å². The highest BCUT2D eigenvalue weighted by Crippen LogP contribution is 2.48.